The van der Waals surface area contributed by atoms with Crippen LogP contribution in [-0.4, -0.2) is 55.7 Å². The highest BCUT2D eigenvalue weighted by Gasteiger charge is 2.34. The summed E-state index contributed by atoms with van der Waals surface area (Å²) in [4.78, 5) is 26.0. The molecule has 32 heavy (non-hydrogen) atoms. The molecular weight excluding hydrogens is 446 g/mol. The van der Waals surface area contributed by atoms with Crippen LogP contribution in [-0.2, 0) is 19.6 Å². The lowest BCUT2D eigenvalue weighted by atomic mass is 9.98. The molecule has 2 amide bonds. The molecule has 0 saturated carbocycles. The Morgan fingerprint density at radius 1 is 1.09 bits per heavy atom. The largest absolute Gasteiger partial charge is 0.344 e. The zero-order chi connectivity index (χ0) is 23.0. The molecule has 0 spiro atoms. The summed E-state index contributed by atoms with van der Waals surface area (Å²) >= 11 is 1.60. The molecular formula is C23H29N3O4S2. The van der Waals surface area contributed by atoms with Gasteiger partial charge in [0.2, 0.25) is 21.8 Å². The van der Waals surface area contributed by atoms with Gasteiger partial charge >= 0.3 is 0 Å². The number of piperidine rings is 1. The van der Waals surface area contributed by atoms with Crippen molar-refractivity contribution in [1.82, 2.24) is 9.62 Å². The molecule has 1 aliphatic rings. The zero-order valence-corrected chi connectivity index (χ0v) is 19.7. The number of rotatable bonds is 9. The lowest BCUT2D eigenvalue weighted by Crippen LogP contribution is -2.50. The Hall–Kier alpha value is -2.36. The quantitative estimate of drug-likeness (QED) is 0.581. The maximum Gasteiger partial charge on any atom is 0.246 e. The van der Waals surface area contributed by atoms with Gasteiger partial charge in [0.25, 0.3) is 0 Å². The summed E-state index contributed by atoms with van der Waals surface area (Å²) in [7, 11) is -3.66. The molecule has 2 atom stereocenters. The molecule has 1 heterocycles. The smallest absolute Gasteiger partial charge is 0.246 e. The Labute approximate surface area is 194 Å². The van der Waals surface area contributed by atoms with E-state index in [4.69, 9.17) is 0 Å². The summed E-state index contributed by atoms with van der Waals surface area (Å²) in [5, 5.41) is 5.71. The van der Waals surface area contributed by atoms with Gasteiger partial charge in [-0.15, -0.1) is 0 Å². The first-order valence-electron chi connectivity index (χ1n) is 10.6. The number of thioether (sulfide) groups is 1. The molecule has 1 fully saturated rings. The van der Waals surface area contributed by atoms with E-state index < -0.39 is 22.0 Å². The average Bonchev–Trinajstić information content (AvgIpc) is 2.82. The van der Waals surface area contributed by atoms with Gasteiger partial charge in [-0.25, -0.2) is 8.42 Å². The predicted octanol–water partition coefficient (Wildman–Crippen LogP) is 2.96. The zero-order valence-electron chi connectivity index (χ0n) is 18.1. The minimum Gasteiger partial charge on any atom is -0.344 e. The summed E-state index contributed by atoms with van der Waals surface area (Å²) in [6.45, 7) is 0.490. The van der Waals surface area contributed by atoms with Gasteiger partial charge < -0.3 is 10.6 Å². The highest BCUT2D eigenvalue weighted by molar-refractivity contribution is 7.98. The van der Waals surface area contributed by atoms with Crippen LogP contribution >= 0.6 is 11.8 Å². The molecule has 0 unspecified atom stereocenters. The highest BCUT2D eigenvalue weighted by Crippen LogP contribution is 2.24. The summed E-state index contributed by atoms with van der Waals surface area (Å²) < 4.78 is 27.3. The van der Waals surface area contributed by atoms with Crippen LogP contribution in [0.15, 0.2) is 65.6 Å². The number of anilines is 1. The van der Waals surface area contributed by atoms with Crippen LogP contribution in [0, 0.1) is 5.92 Å². The molecule has 7 nitrogen and oxygen atoms in total. The molecule has 0 aliphatic carbocycles. The monoisotopic (exact) mass is 475 g/mol. The SMILES string of the molecule is CSCC[C@H](NC(=O)[C@H]1CCCN(S(=O)(=O)c2ccccc2)C1)C(=O)Nc1ccccc1. The fourth-order valence-corrected chi connectivity index (χ4v) is 5.68. The van der Waals surface area contributed by atoms with Gasteiger partial charge in [0, 0.05) is 18.8 Å². The maximum atomic E-state index is 13.0. The van der Waals surface area contributed by atoms with Crippen molar-refractivity contribution in [1.29, 1.82) is 0 Å². The second-order valence-electron chi connectivity index (χ2n) is 7.71. The van der Waals surface area contributed by atoms with Crippen LogP contribution in [0.5, 0.6) is 0 Å². The number of hydrogen-bond donors (Lipinski definition) is 2. The Morgan fingerprint density at radius 2 is 1.75 bits per heavy atom. The number of sulfonamides is 1. The molecule has 0 aromatic heterocycles. The predicted molar refractivity (Wildman–Crippen MR) is 128 cm³/mol. The second-order valence-corrected chi connectivity index (χ2v) is 10.6. The van der Waals surface area contributed by atoms with Crippen molar-refractivity contribution in [2.75, 3.05) is 30.4 Å². The number of nitrogens with one attached hydrogen (secondary N) is 2. The minimum absolute atomic E-state index is 0.110. The molecule has 0 bridgehead atoms. The third kappa shape index (κ3) is 6.34. The summed E-state index contributed by atoms with van der Waals surface area (Å²) in [6.07, 6.45) is 3.61. The van der Waals surface area contributed by atoms with E-state index in [0.717, 1.165) is 0 Å². The number of para-hydroxylation sites is 1. The topological polar surface area (TPSA) is 95.6 Å². The number of hydrogen-bond acceptors (Lipinski definition) is 5. The average molecular weight is 476 g/mol. The van der Waals surface area contributed by atoms with Gasteiger partial charge in [0.15, 0.2) is 0 Å². The van der Waals surface area contributed by atoms with E-state index in [-0.39, 0.29) is 23.3 Å². The summed E-state index contributed by atoms with van der Waals surface area (Å²) in [5.41, 5.74) is 0.665. The van der Waals surface area contributed by atoms with Crippen LogP contribution in [0.1, 0.15) is 19.3 Å². The molecule has 9 heteroatoms. The molecule has 1 saturated heterocycles. The molecule has 2 aromatic carbocycles. The summed E-state index contributed by atoms with van der Waals surface area (Å²) in [5.74, 6) is -0.342. The highest BCUT2D eigenvalue weighted by atomic mass is 32.2. The fourth-order valence-electron chi connectivity index (χ4n) is 3.66. The van der Waals surface area contributed by atoms with Crippen molar-refractivity contribution in [3.63, 3.8) is 0 Å². The van der Waals surface area contributed by atoms with E-state index in [1.165, 1.54) is 4.31 Å². The standard InChI is InChI=1S/C23H29N3O4S2/c1-31-16-14-21(23(28)24-19-10-4-2-5-11-19)25-22(27)18-9-8-15-26(17-18)32(29,30)20-12-6-3-7-13-20/h2-7,10-13,18,21H,8-9,14-17H2,1H3,(H,24,28)(H,25,27)/t18-,21-/m0/s1. The Morgan fingerprint density at radius 3 is 2.41 bits per heavy atom. The Balaban J connectivity index is 1.66. The van der Waals surface area contributed by atoms with Crippen LogP contribution < -0.4 is 10.6 Å². The van der Waals surface area contributed by atoms with E-state index in [9.17, 15) is 18.0 Å². The van der Waals surface area contributed by atoms with E-state index in [1.54, 1.807) is 54.2 Å². The van der Waals surface area contributed by atoms with Crippen LogP contribution in [0.4, 0.5) is 5.69 Å². The normalized spacial score (nSPS) is 18.0. The molecule has 1 aliphatic heterocycles. The van der Waals surface area contributed by atoms with Gasteiger partial charge in [0.1, 0.15) is 6.04 Å². The van der Waals surface area contributed by atoms with Crippen molar-refractivity contribution in [2.24, 2.45) is 5.92 Å². The van der Waals surface area contributed by atoms with Crippen LogP contribution in [0.2, 0.25) is 0 Å². The van der Waals surface area contributed by atoms with E-state index >= 15 is 0 Å². The molecule has 0 radical (unpaired) electrons. The fraction of sp³-hybridized carbons (Fsp3) is 0.391. The van der Waals surface area contributed by atoms with E-state index in [2.05, 4.69) is 10.6 Å². The molecule has 3 rings (SSSR count). The second kappa shape index (κ2) is 11.5. The first-order valence-corrected chi connectivity index (χ1v) is 13.5. The van der Waals surface area contributed by atoms with Gasteiger partial charge in [-0.1, -0.05) is 36.4 Å². The Bertz CT molecular complexity index is 1000. The van der Waals surface area contributed by atoms with Gasteiger partial charge in [-0.2, -0.15) is 16.1 Å². The summed E-state index contributed by atoms with van der Waals surface area (Å²) in [6, 6.07) is 16.7. The van der Waals surface area contributed by atoms with Crippen LogP contribution in [0.3, 0.4) is 0 Å². The molecule has 172 valence electrons. The van der Waals surface area contributed by atoms with Crippen LogP contribution in [0.25, 0.3) is 0 Å². The lowest BCUT2D eigenvalue weighted by Gasteiger charge is -2.32. The maximum absolute atomic E-state index is 13.0. The van der Waals surface area contributed by atoms with Gasteiger partial charge in [-0.3, -0.25) is 9.59 Å². The number of benzene rings is 2. The minimum atomic E-state index is -3.66. The van der Waals surface area contributed by atoms with Crippen molar-refractivity contribution in [2.45, 2.75) is 30.2 Å². The van der Waals surface area contributed by atoms with E-state index in [0.29, 0.717) is 37.2 Å². The first kappa shape index (κ1) is 24.3. The van der Waals surface area contributed by atoms with Crippen molar-refractivity contribution in [3.05, 3.63) is 60.7 Å². The number of nitrogens with zero attached hydrogens (tertiary/aromatic N) is 1. The van der Waals surface area contributed by atoms with Crippen molar-refractivity contribution < 1.29 is 18.0 Å². The lowest BCUT2D eigenvalue weighted by molar-refractivity contribution is -0.130. The molecule has 2 N–H and O–H groups in total. The molecule has 2 aromatic rings. The number of carbonyl (C=O) groups is 2. The Kier molecular flexibility index (Phi) is 8.72. The third-order valence-corrected chi connectivity index (χ3v) is 7.94. The third-order valence-electron chi connectivity index (χ3n) is 5.42. The van der Waals surface area contributed by atoms with Crippen molar-refractivity contribution >= 4 is 39.3 Å². The number of carbonyl (C=O) groups excluding carboxylic acids is 2. The van der Waals surface area contributed by atoms with E-state index in [1.807, 2.05) is 24.5 Å². The first-order chi connectivity index (χ1) is 15.4. The van der Waals surface area contributed by atoms with Gasteiger partial charge in [0.05, 0.1) is 10.8 Å². The number of amides is 2. The van der Waals surface area contributed by atoms with Crippen molar-refractivity contribution in [3.8, 4) is 0 Å². The van der Waals surface area contributed by atoms with Gasteiger partial charge in [-0.05, 0) is 55.5 Å².